The number of nitrogens with one attached hydrogen (secondary N) is 2. The molecule has 8 nitrogen and oxygen atoms in total. The molecule has 0 radical (unpaired) electrons. The van der Waals surface area contributed by atoms with Crippen LogP contribution in [0.1, 0.15) is 45.3 Å². The first kappa shape index (κ1) is 20.3. The highest BCUT2D eigenvalue weighted by Crippen LogP contribution is 2.33. The van der Waals surface area contributed by atoms with Gasteiger partial charge in [0.25, 0.3) is 5.91 Å². The number of esters is 1. The van der Waals surface area contributed by atoms with Gasteiger partial charge in [-0.05, 0) is 48.9 Å². The van der Waals surface area contributed by atoms with Crippen LogP contribution >= 0.6 is 0 Å². The maximum Gasteiger partial charge on any atom is 0.373 e. The van der Waals surface area contributed by atoms with Gasteiger partial charge in [0.1, 0.15) is 18.5 Å². The minimum atomic E-state index is -0.547. The summed E-state index contributed by atoms with van der Waals surface area (Å²) >= 11 is 0. The van der Waals surface area contributed by atoms with Crippen LogP contribution in [0.5, 0.6) is 11.5 Å². The van der Waals surface area contributed by atoms with E-state index in [0.717, 1.165) is 11.3 Å². The molecule has 0 fully saturated rings. The summed E-state index contributed by atoms with van der Waals surface area (Å²) < 4.78 is 21.6. The van der Waals surface area contributed by atoms with Crippen molar-refractivity contribution < 1.29 is 28.2 Å². The molecule has 160 valence electrons. The van der Waals surface area contributed by atoms with Crippen LogP contribution in [0.3, 0.4) is 0 Å². The standard InChI is InChI=1S/C23H22N2O6/c1-3-29-20-12-14(21-24-17-7-5-4-6-16(17)22(26)25-21)8-10-18(20)30-13-15-9-11-19(31-15)23(27)28-2/h4-12,21,24H,3,13H2,1-2H3,(H,25,26). The van der Waals surface area contributed by atoms with Gasteiger partial charge in [0.2, 0.25) is 5.76 Å². The zero-order valence-corrected chi connectivity index (χ0v) is 17.1. The first-order valence-electron chi connectivity index (χ1n) is 9.82. The van der Waals surface area contributed by atoms with Gasteiger partial charge in [-0.15, -0.1) is 0 Å². The van der Waals surface area contributed by atoms with E-state index in [1.54, 1.807) is 18.2 Å². The summed E-state index contributed by atoms with van der Waals surface area (Å²) in [7, 11) is 1.29. The van der Waals surface area contributed by atoms with Crippen molar-refractivity contribution in [2.45, 2.75) is 19.7 Å². The van der Waals surface area contributed by atoms with Crippen LogP contribution in [-0.2, 0) is 11.3 Å². The molecule has 1 unspecified atom stereocenters. The van der Waals surface area contributed by atoms with Crippen LogP contribution in [0.2, 0.25) is 0 Å². The van der Waals surface area contributed by atoms with Crippen LogP contribution in [0.25, 0.3) is 0 Å². The molecule has 0 aliphatic carbocycles. The van der Waals surface area contributed by atoms with Crippen LogP contribution in [0.15, 0.2) is 59.0 Å². The average molecular weight is 422 g/mol. The Hall–Kier alpha value is -3.94. The second-order valence-electron chi connectivity index (χ2n) is 6.78. The number of hydrogen-bond acceptors (Lipinski definition) is 7. The number of amides is 1. The number of benzene rings is 2. The predicted octanol–water partition coefficient (Wildman–Crippen LogP) is 3.90. The van der Waals surface area contributed by atoms with Crippen molar-refractivity contribution in [3.05, 3.63) is 77.2 Å². The molecule has 0 bridgehead atoms. The van der Waals surface area contributed by atoms with Gasteiger partial charge < -0.3 is 29.3 Å². The van der Waals surface area contributed by atoms with Crippen molar-refractivity contribution in [1.29, 1.82) is 0 Å². The molecule has 0 saturated heterocycles. The van der Waals surface area contributed by atoms with Gasteiger partial charge in [-0.3, -0.25) is 4.79 Å². The summed E-state index contributed by atoms with van der Waals surface area (Å²) in [5.41, 5.74) is 2.20. The van der Waals surface area contributed by atoms with Gasteiger partial charge in [-0.1, -0.05) is 18.2 Å². The van der Waals surface area contributed by atoms with E-state index in [0.29, 0.717) is 29.4 Å². The number of carbonyl (C=O) groups excluding carboxylic acids is 2. The van der Waals surface area contributed by atoms with Gasteiger partial charge >= 0.3 is 5.97 Å². The Labute approximate surface area is 179 Å². The van der Waals surface area contributed by atoms with E-state index in [9.17, 15) is 9.59 Å². The van der Waals surface area contributed by atoms with Crippen LogP contribution in [-0.4, -0.2) is 25.6 Å². The molecular weight excluding hydrogens is 400 g/mol. The largest absolute Gasteiger partial charge is 0.490 e. The quantitative estimate of drug-likeness (QED) is 0.557. The molecule has 1 aliphatic heterocycles. The number of para-hydroxylation sites is 1. The van der Waals surface area contributed by atoms with Crippen LogP contribution in [0, 0.1) is 0 Å². The topological polar surface area (TPSA) is 99.0 Å². The summed E-state index contributed by atoms with van der Waals surface area (Å²) in [4.78, 5) is 23.9. The van der Waals surface area contributed by atoms with Crippen molar-refractivity contribution in [2.75, 3.05) is 19.0 Å². The fourth-order valence-electron chi connectivity index (χ4n) is 3.28. The number of anilines is 1. The Morgan fingerprint density at radius 3 is 2.68 bits per heavy atom. The Bertz CT molecular complexity index is 1110. The van der Waals surface area contributed by atoms with E-state index >= 15 is 0 Å². The highest BCUT2D eigenvalue weighted by atomic mass is 16.5. The second kappa shape index (κ2) is 8.83. The van der Waals surface area contributed by atoms with E-state index in [1.807, 2.05) is 37.3 Å². The lowest BCUT2D eigenvalue weighted by molar-refractivity contribution is 0.0560. The molecule has 0 saturated carbocycles. The van der Waals surface area contributed by atoms with Crippen molar-refractivity contribution >= 4 is 17.6 Å². The van der Waals surface area contributed by atoms with E-state index in [-0.39, 0.29) is 18.3 Å². The average Bonchev–Trinajstić information content (AvgIpc) is 3.27. The minimum Gasteiger partial charge on any atom is -0.490 e. The monoisotopic (exact) mass is 422 g/mol. The molecule has 2 heterocycles. The Morgan fingerprint density at radius 1 is 1.03 bits per heavy atom. The van der Waals surface area contributed by atoms with Crippen molar-refractivity contribution in [2.24, 2.45) is 0 Å². The maximum absolute atomic E-state index is 12.4. The summed E-state index contributed by atoms with van der Waals surface area (Å²) in [6.07, 6.45) is -0.400. The number of methoxy groups -OCH3 is 1. The zero-order chi connectivity index (χ0) is 21.8. The SMILES string of the molecule is CCOc1cc(C2NC(=O)c3ccccc3N2)ccc1OCc1ccc(C(=O)OC)o1. The molecule has 8 heteroatoms. The molecule has 2 N–H and O–H groups in total. The van der Waals surface area contributed by atoms with Crippen molar-refractivity contribution in [3.63, 3.8) is 0 Å². The predicted molar refractivity (Wildman–Crippen MR) is 112 cm³/mol. The Morgan fingerprint density at radius 2 is 1.87 bits per heavy atom. The minimum absolute atomic E-state index is 0.112. The first-order chi connectivity index (χ1) is 15.1. The second-order valence-corrected chi connectivity index (χ2v) is 6.78. The number of furan rings is 1. The summed E-state index contributed by atoms with van der Waals surface area (Å²) in [5.74, 6) is 0.954. The molecule has 1 atom stereocenters. The van der Waals surface area contributed by atoms with Gasteiger partial charge in [-0.2, -0.15) is 0 Å². The molecule has 3 aromatic rings. The van der Waals surface area contributed by atoms with Gasteiger partial charge in [0.05, 0.1) is 19.3 Å². The third-order valence-electron chi connectivity index (χ3n) is 4.77. The summed E-state index contributed by atoms with van der Waals surface area (Å²) in [6.45, 7) is 2.44. The van der Waals surface area contributed by atoms with Crippen LogP contribution in [0.4, 0.5) is 5.69 Å². The highest BCUT2D eigenvalue weighted by molar-refractivity contribution is 6.01. The number of fused-ring (bicyclic) bond motifs is 1. The van der Waals surface area contributed by atoms with E-state index in [1.165, 1.54) is 13.2 Å². The van der Waals surface area contributed by atoms with Gasteiger partial charge in [-0.25, -0.2) is 4.79 Å². The smallest absolute Gasteiger partial charge is 0.373 e. The fourth-order valence-corrected chi connectivity index (χ4v) is 3.28. The molecule has 1 aromatic heterocycles. The molecule has 4 rings (SSSR count). The molecule has 0 spiro atoms. The summed E-state index contributed by atoms with van der Waals surface area (Å²) in [5, 5.41) is 6.27. The molecule has 1 aliphatic rings. The lowest BCUT2D eigenvalue weighted by Crippen LogP contribution is -2.38. The first-order valence-corrected chi connectivity index (χ1v) is 9.82. The van der Waals surface area contributed by atoms with Gasteiger partial charge in [0, 0.05) is 5.69 Å². The Kier molecular flexibility index (Phi) is 5.79. The number of hydrogen-bond donors (Lipinski definition) is 2. The summed E-state index contributed by atoms with van der Waals surface area (Å²) in [6, 6.07) is 16.0. The van der Waals surface area contributed by atoms with Crippen molar-refractivity contribution in [1.82, 2.24) is 5.32 Å². The lowest BCUT2D eigenvalue weighted by Gasteiger charge is -2.28. The highest BCUT2D eigenvalue weighted by Gasteiger charge is 2.25. The fraction of sp³-hybridized carbons (Fsp3) is 0.217. The van der Waals surface area contributed by atoms with Crippen LogP contribution < -0.4 is 20.1 Å². The van der Waals surface area contributed by atoms with Crippen molar-refractivity contribution in [3.8, 4) is 11.5 Å². The normalized spacial score (nSPS) is 14.8. The molecule has 1 amide bonds. The van der Waals surface area contributed by atoms with E-state index < -0.39 is 12.1 Å². The number of carbonyl (C=O) groups is 2. The lowest BCUT2D eigenvalue weighted by atomic mass is 10.1. The van der Waals surface area contributed by atoms with E-state index in [2.05, 4.69) is 15.4 Å². The molecular formula is C23H22N2O6. The number of ether oxygens (including phenoxy) is 3. The molecule has 2 aromatic carbocycles. The van der Waals surface area contributed by atoms with Gasteiger partial charge in [0.15, 0.2) is 11.5 Å². The molecule has 31 heavy (non-hydrogen) atoms. The van der Waals surface area contributed by atoms with E-state index in [4.69, 9.17) is 13.9 Å². The third-order valence-corrected chi connectivity index (χ3v) is 4.77. The number of rotatable bonds is 7. The third kappa shape index (κ3) is 4.32. The maximum atomic E-state index is 12.4. The zero-order valence-electron chi connectivity index (χ0n) is 17.1. The Balaban J connectivity index is 1.51.